The third-order valence-electron chi connectivity index (χ3n) is 5.81. The number of aromatic nitrogens is 3. The molecule has 8 heteroatoms. The van der Waals surface area contributed by atoms with Gasteiger partial charge in [0.2, 0.25) is 0 Å². The standard InChI is InChI=1S/C23H33N5O2.Na/c1-16-26-14-20(15-27-16)17(12-22(29)30)7-4-2-3-5-9-21-19(13-24)11-18-8-6-10-25-23(18)28-21;/h11,14-15,17H,2-10,12-13,24H2,1H3,(H,25,28)(H,29,30);/q;+1/p-1/t17-;/m0./s1. The van der Waals surface area contributed by atoms with E-state index in [4.69, 9.17) is 10.7 Å². The fourth-order valence-electron chi connectivity index (χ4n) is 4.10. The fourth-order valence-corrected chi connectivity index (χ4v) is 4.10. The quantitative estimate of drug-likeness (QED) is 0.360. The largest absolute Gasteiger partial charge is 1.00 e. The van der Waals surface area contributed by atoms with Crippen LogP contribution in [-0.4, -0.2) is 27.5 Å². The van der Waals surface area contributed by atoms with Crippen LogP contribution in [0.1, 0.15) is 79.1 Å². The Balaban J connectivity index is 0.00000341. The Morgan fingerprint density at radius 3 is 2.68 bits per heavy atom. The minimum Gasteiger partial charge on any atom is -0.550 e. The van der Waals surface area contributed by atoms with Crippen LogP contribution in [0.3, 0.4) is 0 Å². The molecule has 1 aliphatic rings. The van der Waals surface area contributed by atoms with Crippen molar-refractivity contribution < 1.29 is 39.5 Å². The molecule has 1 atom stereocenters. The normalized spacial score (nSPS) is 13.6. The number of aliphatic carboxylic acids is 1. The van der Waals surface area contributed by atoms with Crippen LogP contribution in [0, 0.1) is 6.92 Å². The third kappa shape index (κ3) is 7.83. The second-order valence-corrected chi connectivity index (χ2v) is 8.13. The molecular weight excluding hydrogens is 401 g/mol. The van der Waals surface area contributed by atoms with Crippen LogP contribution >= 0.6 is 0 Å². The average molecular weight is 434 g/mol. The van der Waals surface area contributed by atoms with Gasteiger partial charge < -0.3 is 21.0 Å². The number of carboxylic acids is 1. The molecule has 0 radical (unpaired) electrons. The summed E-state index contributed by atoms with van der Waals surface area (Å²) in [6, 6.07) is 2.22. The van der Waals surface area contributed by atoms with Crippen molar-refractivity contribution in [2.45, 2.75) is 77.2 Å². The summed E-state index contributed by atoms with van der Waals surface area (Å²) in [6.07, 6.45) is 11.6. The van der Waals surface area contributed by atoms with Gasteiger partial charge in [-0.1, -0.05) is 19.3 Å². The van der Waals surface area contributed by atoms with Gasteiger partial charge in [-0.25, -0.2) is 15.0 Å². The van der Waals surface area contributed by atoms with Crippen molar-refractivity contribution in [3.63, 3.8) is 0 Å². The fraction of sp³-hybridized carbons (Fsp3) is 0.565. The number of rotatable bonds is 11. The van der Waals surface area contributed by atoms with Crippen LogP contribution in [0.15, 0.2) is 18.5 Å². The molecule has 1 aliphatic heterocycles. The Hall–Kier alpha value is -1.54. The van der Waals surface area contributed by atoms with Gasteiger partial charge in [-0.2, -0.15) is 0 Å². The monoisotopic (exact) mass is 433 g/mol. The summed E-state index contributed by atoms with van der Waals surface area (Å²) in [5.41, 5.74) is 10.4. The zero-order valence-corrected chi connectivity index (χ0v) is 20.8. The molecule has 2 aromatic rings. The van der Waals surface area contributed by atoms with Crippen molar-refractivity contribution >= 4 is 11.8 Å². The molecular formula is C23H32N5NaO2. The minimum atomic E-state index is -1.03. The molecule has 0 saturated heterocycles. The predicted molar refractivity (Wildman–Crippen MR) is 115 cm³/mol. The Kier molecular flexibility index (Phi) is 10.9. The third-order valence-corrected chi connectivity index (χ3v) is 5.81. The molecule has 2 aromatic heterocycles. The first-order valence-corrected chi connectivity index (χ1v) is 11.0. The molecule has 0 aliphatic carbocycles. The summed E-state index contributed by atoms with van der Waals surface area (Å²) >= 11 is 0. The van der Waals surface area contributed by atoms with Crippen molar-refractivity contribution in [2.75, 3.05) is 11.9 Å². The number of unbranched alkanes of at least 4 members (excludes halogenated alkanes) is 3. The Labute approximate surface area is 207 Å². The molecule has 0 fully saturated rings. The molecule has 0 bridgehead atoms. The number of fused-ring (bicyclic) bond motifs is 1. The van der Waals surface area contributed by atoms with E-state index in [0.717, 1.165) is 80.6 Å². The second-order valence-electron chi connectivity index (χ2n) is 8.13. The molecule has 3 rings (SSSR count). The van der Waals surface area contributed by atoms with Crippen molar-refractivity contribution in [2.24, 2.45) is 5.73 Å². The maximum Gasteiger partial charge on any atom is 1.00 e. The molecule has 7 nitrogen and oxygen atoms in total. The maximum atomic E-state index is 11.1. The van der Waals surface area contributed by atoms with Crippen LogP contribution in [-0.2, 0) is 24.2 Å². The first-order chi connectivity index (χ1) is 14.6. The number of carbonyl (C=O) groups is 1. The molecule has 3 heterocycles. The minimum absolute atomic E-state index is 0. The molecule has 0 spiro atoms. The van der Waals surface area contributed by atoms with Gasteiger partial charge >= 0.3 is 29.6 Å². The van der Waals surface area contributed by atoms with Crippen LogP contribution < -0.4 is 45.7 Å². The van der Waals surface area contributed by atoms with Crippen molar-refractivity contribution in [3.05, 3.63) is 46.7 Å². The van der Waals surface area contributed by atoms with Gasteiger partial charge in [-0.15, -0.1) is 0 Å². The number of hydrogen-bond acceptors (Lipinski definition) is 7. The van der Waals surface area contributed by atoms with Gasteiger partial charge in [0.15, 0.2) is 0 Å². The number of hydrogen-bond donors (Lipinski definition) is 2. The second kappa shape index (κ2) is 13.1. The number of pyridine rings is 1. The van der Waals surface area contributed by atoms with E-state index in [9.17, 15) is 9.90 Å². The van der Waals surface area contributed by atoms with E-state index < -0.39 is 5.97 Å². The zero-order valence-electron chi connectivity index (χ0n) is 18.8. The van der Waals surface area contributed by atoms with Gasteiger partial charge in [0, 0.05) is 37.1 Å². The van der Waals surface area contributed by atoms with Crippen molar-refractivity contribution in [3.8, 4) is 0 Å². The Morgan fingerprint density at radius 2 is 1.97 bits per heavy atom. The Bertz CT molecular complexity index is 845. The molecule has 31 heavy (non-hydrogen) atoms. The summed E-state index contributed by atoms with van der Waals surface area (Å²) < 4.78 is 0. The van der Waals surface area contributed by atoms with Crippen LogP contribution in [0.5, 0.6) is 0 Å². The number of carbonyl (C=O) groups excluding carboxylic acids is 1. The van der Waals surface area contributed by atoms with Crippen LogP contribution in [0.4, 0.5) is 5.82 Å². The van der Waals surface area contributed by atoms with Crippen LogP contribution in [0.2, 0.25) is 0 Å². The summed E-state index contributed by atoms with van der Waals surface area (Å²) in [7, 11) is 0. The molecule has 3 N–H and O–H groups in total. The van der Waals surface area contributed by atoms with E-state index in [1.807, 2.05) is 6.92 Å². The van der Waals surface area contributed by atoms with Gasteiger partial charge in [0.25, 0.3) is 0 Å². The first kappa shape index (κ1) is 25.7. The molecule has 0 unspecified atom stereocenters. The topological polar surface area (TPSA) is 117 Å². The van der Waals surface area contributed by atoms with Gasteiger partial charge in [0.05, 0.1) is 0 Å². The molecule has 0 saturated carbocycles. The number of anilines is 1. The van der Waals surface area contributed by atoms with E-state index in [-0.39, 0.29) is 41.9 Å². The number of nitrogens with two attached hydrogens (primary N) is 1. The first-order valence-electron chi connectivity index (χ1n) is 11.0. The van der Waals surface area contributed by atoms with Crippen LogP contribution in [0.25, 0.3) is 0 Å². The van der Waals surface area contributed by atoms with Crippen molar-refractivity contribution in [1.29, 1.82) is 0 Å². The van der Waals surface area contributed by atoms with Crippen molar-refractivity contribution in [1.82, 2.24) is 15.0 Å². The summed E-state index contributed by atoms with van der Waals surface area (Å²) in [5.74, 6) is 0.600. The molecule has 162 valence electrons. The number of aryl methyl sites for hydroxylation is 3. The van der Waals surface area contributed by atoms with E-state index in [1.54, 1.807) is 12.4 Å². The van der Waals surface area contributed by atoms with Gasteiger partial charge in [-0.05, 0) is 74.1 Å². The van der Waals surface area contributed by atoms with E-state index in [0.29, 0.717) is 12.4 Å². The number of nitrogens with one attached hydrogen (secondary N) is 1. The Morgan fingerprint density at radius 1 is 1.23 bits per heavy atom. The average Bonchev–Trinajstić information content (AvgIpc) is 2.75. The van der Waals surface area contributed by atoms with Gasteiger partial charge in [0.1, 0.15) is 11.6 Å². The maximum absolute atomic E-state index is 11.1. The SMILES string of the molecule is Cc1ncc([C@@H](CCCCCCc2nc3c(cc2CN)CCCN3)CC(=O)[O-])cn1.[Na+]. The molecule has 0 amide bonds. The predicted octanol–water partition coefficient (Wildman–Crippen LogP) is -0.582. The smallest absolute Gasteiger partial charge is 0.550 e. The zero-order chi connectivity index (χ0) is 21.3. The summed E-state index contributed by atoms with van der Waals surface area (Å²) in [5, 5.41) is 14.5. The van der Waals surface area contributed by atoms with E-state index in [2.05, 4.69) is 21.4 Å². The van der Waals surface area contributed by atoms with E-state index in [1.165, 1.54) is 5.56 Å². The number of nitrogens with zero attached hydrogens (tertiary/aromatic N) is 3. The summed E-state index contributed by atoms with van der Waals surface area (Å²) in [6.45, 7) is 3.33. The molecule has 0 aromatic carbocycles. The van der Waals surface area contributed by atoms with Gasteiger partial charge in [-0.3, -0.25) is 0 Å². The summed E-state index contributed by atoms with van der Waals surface area (Å²) in [4.78, 5) is 24.4. The van der Waals surface area contributed by atoms with E-state index >= 15 is 0 Å². The number of carboxylic acid groups (broad SMARTS) is 1.